The lowest BCUT2D eigenvalue weighted by molar-refractivity contribution is 0.195. The van der Waals surface area contributed by atoms with Crippen molar-refractivity contribution in [2.45, 2.75) is 19.4 Å². The summed E-state index contributed by atoms with van der Waals surface area (Å²) in [6, 6.07) is 9.99. The van der Waals surface area contributed by atoms with Crippen LogP contribution in [0.25, 0.3) is 0 Å². The second kappa shape index (κ2) is 6.80. The van der Waals surface area contributed by atoms with E-state index in [9.17, 15) is 4.39 Å². The summed E-state index contributed by atoms with van der Waals surface area (Å²) in [5.74, 6) is 0. The number of hydrogen-bond donors (Lipinski definition) is 1. The normalized spacial score (nSPS) is 11.3. The van der Waals surface area contributed by atoms with E-state index in [0.29, 0.717) is 7.18 Å². The van der Waals surface area contributed by atoms with Gasteiger partial charge in [-0.15, -0.1) is 0 Å². The maximum Gasteiger partial charge on any atom is 0.0785 e. The third-order valence-corrected chi connectivity index (χ3v) is 1.37. The molecule has 1 atom stereocenters. The van der Waals surface area contributed by atoms with E-state index in [1.165, 1.54) is 5.56 Å². The predicted octanol–water partition coefficient (Wildman–Crippen LogP) is 2.20. The molecule has 0 aromatic heterocycles. The van der Waals surface area contributed by atoms with Crippen LogP contribution in [0.4, 0.5) is 4.39 Å². The largest absolute Gasteiger partial charge is 0.393 e. The zero-order valence-electron chi connectivity index (χ0n) is 7.50. The zero-order chi connectivity index (χ0) is 9.40. The Hall–Kier alpha value is -0.890. The van der Waals surface area contributed by atoms with Crippen LogP contribution < -0.4 is 0 Å². The summed E-state index contributed by atoms with van der Waals surface area (Å²) in [7, 11) is 0.500. The van der Waals surface area contributed by atoms with Gasteiger partial charge in [0.25, 0.3) is 0 Å². The van der Waals surface area contributed by atoms with Gasteiger partial charge in [-0.1, -0.05) is 30.3 Å². The quantitative estimate of drug-likeness (QED) is 0.721. The van der Waals surface area contributed by atoms with Gasteiger partial charge >= 0.3 is 0 Å². The van der Waals surface area contributed by atoms with Crippen molar-refractivity contribution < 1.29 is 9.50 Å². The molecule has 0 aliphatic heterocycles. The lowest BCUT2D eigenvalue weighted by atomic mass is 10.1. The van der Waals surface area contributed by atoms with Crippen LogP contribution in [0.2, 0.25) is 0 Å². The van der Waals surface area contributed by atoms with Gasteiger partial charge < -0.3 is 5.11 Å². The molecule has 0 radical (unpaired) electrons. The van der Waals surface area contributed by atoms with Gasteiger partial charge in [0.05, 0.1) is 13.3 Å². The van der Waals surface area contributed by atoms with Crippen molar-refractivity contribution in [1.82, 2.24) is 0 Å². The Balaban J connectivity index is 0.000000561. The first-order chi connectivity index (χ1) is 5.79. The van der Waals surface area contributed by atoms with Crippen molar-refractivity contribution >= 4 is 0 Å². The van der Waals surface area contributed by atoms with E-state index in [1.54, 1.807) is 6.92 Å². The monoisotopic (exact) mass is 170 g/mol. The van der Waals surface area contributed by atoms with Crippen LogP contribution in [0.1, 0.15) is 12.5 Å². The minimum absolute atomic E-state index is 0.234. The van der Waals surface area contributed by atoms with Crippen LogP contribution in [-0.2, 0) is 6.42 Å². The molecule has 12 heavy (non-hydrogen) atoms. The number of halogens is 1. The van der Waals surface area contributed by atoms with E-state index in [2.05, 4.69) is 0 Å². The molecule has 0 aliphatic rings. The first-order valence-corrected chi connectivity index (χ1v) is 3.89. The summed E-state index contributed by atoms with van der Waals surface area (Å²) in [5, 5.41) is 9.01. The maximum atomic E-state index is 9.50. The molecule has 0 amide bonds. The van der Waals surface area contributed by atoms with E-state index in [4.69, 9.17) is 5.11 Å². The highest BCUT2D eigenvalue weighted by Crippen LogP contribution is 2.01. The van der Waals surface area contributed by atoms with Gasteiger partial charge in [-0.25, -0.2) is 0 Å². The minimum Gasteiger partial charge on any atom is -0.393 e. The van der Waals surface area contributed by atoms with Crippen molar-refractivity contribution in [3.05, 3.63) is 35.9 Å². The van der Waals surface area contributed by atoms with E-state index in [0.717, 1.165) is 6.42 Å². The number of aliphatic hydroxyl groups is 1. The number of aliphatic hydroxyl groups excluding tert-OH is 1. The highest BCUT2D eigenvalue weighted by molar-refractivity contribution is 5.15. The number of hydrogen-bond acceptors (Lipinski definition) is 1. The fourth-order valence-electron chi connectivity index (χ4n) is 0.955. The third kappa shape index (κ3) is 4.85. The molecule has 0 aliphatic carbocycles. The number of rotatable bonds is 2. The topological polar surface area (TPSA) is 20.2 Å². The van der Waals surface area contributed by atoms with E-state index >= 15 is 0 Å². The van der Waals surface area contributed by atoms with Crippen LogP contribution in [-0.4, -0.2) is 18.4 Å². The first kappa shape index (κ1) is 11.1. The summed E-state index contributed by atoms with van der Waals surface area (Å²) < 4.78 is 9.50. The fourth-order valence-corrected chi connectivity index (χ4v) is 0.955. The molecule has 68 valence electrons. The van der Waals surface area contributed by atoms with Crippen molar-refractivity contribution in [2.24, 2.45) is 0 Å². The van der Waals surface area contributed by atoms with Gasteiger partial charge in [0.1, 0.15) is 0 Å². The molecule has 1 rings (SSSR count). The van der Waals surface area contributed by atoms with Gasteiger partial charge in [0.2, 0.25) is 0 Å². The Bertz CT molecular complexity index is 184. The van der Waals surface area contributed by atoms with Crippen molar-refractivity contribution in [1.29, 1.82) is 0 Å². The minimum atomic E-state index is -0.234. The van der Waals surface area contributed by atoms with Gasteiger partial charge in [0, 0.05) is 0 Å². The second-order valence-corrected chi connectivity index (χ2v) is 2.54. The molecule has 0 saturated carbocycles. The van der Waals surface area contributed by atoms with Crippen molar-refractivity contribution in [3.63, 3.8) is 0 Å². The molecule has 2 heteroatoms. The summed E-state index contributed by atoms with van der Waals surface area (Å²) in [6.45, 7) is 1.80. The van der Waals surface area contributed by atoms with Crippen LogP contribution in [0, 0.1) is 0 Å². The molecular formula is C10H15FO. The van der Waals surface area contributed by atoms with E-state index in [-0.39, 0.29) is 6.10 Å². The Morgan fingerprint density at radius 3 is 2.17 bits per heavy atom. The Morgan fingerprint density at radius 2 is 1.75 bits per heavy atom. The van der Waals surface area contributed by atoms with Crippen LogP contribution in [0.3, 0.4) is 0 Å². The molecule has 1 aromatic rings. The summed E-state index contributed by atoms with van der Waals surface area (Å²) >= 11 is 0. The van der Waals surface area contributed by atoms with Gasteiger partial charge in [0.15, 0.2) is 0 Å². The third-order valence-electron chi connectivity index (χ3n) is 1.37. The number of benzene rings is 1. The van der Waals surface area contributed by atoms with Crippen molar-refractivity contribution in [3.8, 4) is 0 Å². The summed E-state index contributed by atoms with van der Waals surface area (Å²) in [6.07, 6.45) is 0.517. The van der Waals surface area contributed by atoms with Gasteiger partial charge in [-0.05, 0) is 18.9 Å². The smallest absolute Gasteiger partial charge is 0.0785 e. The molecule has 1 nitrogen and oxygen atoms in total. The molecule has 0 spiro atoms. The summed E-state index contributed by atoms with van der Waals surface area (Å²) in [5.41, 5.74) is 1.19. The highest BCUT2D eigenvalue weighted by Gasteiger charge is 1.95. The molecule has 1 unspecified atom stereocenters. The average molecular weight is 170 g/mol. The first-order valence-electron chi connectivity index (χ1n) is 3.89. The van der Waals surface area contributed by atoms with Gasteiger partial charge in [-0.2, -0.15) is 0 Å². The lowest BCUT2D eigenvalue weighted by Gasteiger charge is -2.01. The molecule has 1 N–H and O–H groups in total. The Morgan fingerprint density at radius 1 is 1.25 bits per heavy atom. The molecule has 0 bridgehead atoms. The molecule has 0 heterocycles. The van der Waals surface area contributed by atoms with E-state index in [1.807, 2.05) is 30.3 Å². The van der Waals surface area contributed by atoms with E-state index < -0.39 is 0 Å². The molecular weight excluding hydrogens is 155 g/mol. The fraction of sp³-hybridized carbons (Fsp3) is 0.400. The van der Waals surface area contributed by atoms with Crippen LogP contribution >= 0.6 is 0 Å². The lowest BCUT2D eigenvalue weighted by Crippen LogP contribution is -2.03. The molecule has 1 aromatic carbocycles. The standard InChI is InChI=1S/C9H12O.CH3F/c1-8(10)7-9-5-3-2-4-6-9;1-2/h2-6,8,10H,7H2,1H3;1H3. The second-order valence-electron chi connectivity index (χ2n) is 2.54. The zero-order valence-corrected chi connectivity index (χ0v) is 7.50. The number of alkyl halides is 1. The maximum absolute atomic E-state index is 9.50. The average Bonchev–Trinajstić information content (AvgIpc) is 2.08. The Labute approximate surface area is 72.9 Å². The van der Waals surface area contributed by atoms with Crippen LogP contribution in [0.15, 0.2) is 30.3 Å². The van der Waals surface area contributed by atoms with Crippen LogP contribution in [0.5, 0.6) is 0 Å². The van der Waals surface area contributed by atoms with Gasteiger partial charge in [-0.3, -0.25) is 4.39 Å². The highest BCUT2D eigenvalue weighted by atomic mass is 19.1. The van der Waals surface area contributed by atoms with Crippen molar-refractivity contribution in [2.75, 3.05) is 7.18 Å². The molecule has 0 saturated heterocycles. The predicted molar refractivity (Wildman–Crippen MR) is 48.9 cm³/mol. The SMILES string of the molecule is CC(O)Cc1ccccc1.CF. The summed E-state index contributed by atoms with van der Waals surface area (Å²) in [4.78, 5) is 0. The molecule has 0 fully saturated rings. The Kier molecular flexibility index (Phi) is 6.29.